The monoisotopic (exact) mass is 267 g/mol. The summed E-state index contributed by atoms with van der Waals surface area (Å²) in [6.45, 7) is 9.66. The number of allylic oxidation sites excluding steroid dienone is 1. The van der Waals surface area contributed by atoms with Crippen LogP contribution in [-0.2, 0) is 0 Å². The van der Waals surface area contributed by atoms with Gasteiger partial charge in [0.2, 0.25) is 5.69 Å². The van der Waals surface area contributed by atoms with Gasteiger partial charge in [-0.1, -0.05) is 0 Å². The van der Waals surface area contributed by atoms with Crippen LogP contribution in [0.3, 0.4) is 0 Å². The third-order valence-corrected chi connectivity index (χ3v) is 3.89. The Morgan fingerprint density at radius 3 is 2.75 bits per heavy atom. The molecule has 0 radical (unpaired) electrons. The number of nitrogens with zero attached hydrogens (tertiary/aromatic N) is 4. The SMILES string of the molecule is [C-]#[N+]c1cncc(N2CCC(C3=NCC(N)=C3)CC2)c1. The molecule has 0 saturated carbocycles. The molecule has 20 heavy (non-hydrogen) atoms. The normalized spacial score (nSPS) is 19.4. The van der Waals surface area contributed by atoms with E-state index in [4.69, 9.17) is 12.3 Å². The van der Waals surface area contributed by atoms with Gasteiger partial charge in [-0.05, 0) is 25.0 Å². The van der Waals surface area contributed by atoms with Crippen LogP contribution in [0, 0.1) is 12.5 Å². The summed E-state index contributed by atoms with van der Waals surface area (Å²) in [4.78, 5) is 14.4. The summed E-state index contributed by atoms with van der Waals surface area (Å²) in [5, 5.41) is 0. The fourth-order valence-corrected chi connectivity index (χ4v) is 2.79. The first-order chi connectivity index (χ1) is 9.76. The lowest BCUT2D eigenvalue weighted by atomic mass is 9.91. The number of hydrogen-bond acceptors (Lipinski definition) is 4. The summed E-state index contributed by atoms with van der Waals surface area (Å²) in [6.07, 6.45) is 7.61. The number of pyridine rings is 1. The number of rotatable bonds is 2. The fourth-order valence-electron chi connectivity index (χ4n) is 2.79. The lowest BCUT2D eigenvalue weighted by Crippen LogP contribution is -2.35. The molecule has 5 nitrogen and oxygen atoms in total. The largest absolute Gasteiger partial charge is 0.400 e. The van der Waals surface area contributed by atoms with E-state index in [9.17, 15) is 0 Å². The van der Waals surface area contributed by atoms with Gasteiger partial charge in [0, 0.05) is 48.5 Å². The second-order valence-electron chi connectivity index (χ2n) is 5.23. The summed E-state index contributed by atoms with van der Waals surface area (Å²) in [5.74, 6) is 0.518. The van der Waals surface area contributed by atoms with Crippen molar-refractivity contribution < 1.29 is 0 Å². The molecule has 0 atom stereocenters. The highest BCUT2D eigenvalue weighted by atomic mass is 15.1. The second kappa shape index (κ2) is 5.33. The van der Waals surface area contributed by atoms with Crippen molar-refractivity contribution >= 4 is 17.1 Å². The Kier molecular flexibility index (Phi) is 3.38. The molecule has 2 aliphatic rings. The molecule has 0 spiro atoms. The number of piperidine rings is 1. The molecule has 1 aromatic rings. The molecule has 3 heterocycles. The van der Waals surface area contributed by atoms with Gasteiger partial charge in [-0.25, -0.2) is 4.85 Å². The molecule has 2 N–H and O–H groups in total. The van der Waals surface area contributed by atoms with Crippen LogP contribution in [0.15, 0.2) is 35.2 Å². The number of aliphatic imine (C=N–C) groups is 1. The fraction of sp³-hybridized carbons (Fsp3) is 0.400. The molecular weight excluding hydrogens is 250 g/mol. The van der Waals surface area contributed by atoms with Crippen LogP contribution in [0.1, 0.15) is 12.8 Å². The van der Waals surface area contributed by atoms with Gasteiger partial charge >= 0.3 is 0 Å². The molecule has 3 rings (SSSR count). The van der Waals surface area contributed by atoms with Crippen LogP contribution in [0.4, 0.5) is 11.4 Å². The van der Waals surface area contributed by atoms with E-state index in [1.807, 2.05) is 18.3 Å². The van der Waals surface area contributed by atoms with E-state index in [1.165, 1.54) is 0 Å². The molecule has 0 amide bonds. The molecule has 102 valence electrons. The molecular formula is C15H17N5. The Morgan fingerprint density at radius 2 is 2.10 bits per heavy atom. The quantitative estimate of drug-likeness (QED) is 0.835. The topological polar surface area (TPSA) is 58.9 Å². The van der Waals surface area contributed by atoms with Crippen molar-refractivity contribution in [2.24, 2.45) is 16.6 Å². The first-order valence-corrected chi connectivity index (χ1v) is 6.84. The second-order valence-corrected chi connectivity index (χ2v) is 5.23. The predicted octanol–water partition coefficient (Wildman–Crippen LogP) is 2.15. The summed E-state index contributed by atoms with van der Waals surface area (Å²) in [7, 11) is 0. The Hall–Kier alpha value is -2.35. The van der Waals surface area contributed by atoms with Crippen molar-refractivity contribution in [1.29, 1.82) is 0 Å². The summed E-state index contributed by atoms with van der Waals surface area (Å²) < 4.78 is 0. The summed E-state index contributed by atoms with van der Waals surface area (Å²) in [5.41, 5.74) is 9.46. The zero-order valence-electron chi connectivity index (χ0n) is 11.3. The average Bonchev–Trinajstić information content (AvgIpc) is 2.94. The highest BCUT2D eigenvalue weighted by Gasteiger charge is 2.24. The maximum atomic E-state index is 7.05. The summed E-state index contributed by atoms with van der Waals surface area (Å²) in [6, 6.07) is 1.91. The van der Waals surface area contributed by atoms with Gasteiger partial charge in [-0.15, -0.1) is 0 Å². The van der Waals surface area contributed by atoms with Gasteiger partial charge < -0.3 is 10.6 Å². The van der Waals surface area contributed by atoms with E-state index in [1.54, 1.807) is 6.20 Å². The molecule has 2 aliphatic heterocycles. The van der Waals surface area contributed by atoms with Crippen LogP contribution >= 0.6 is 0 Å². The van der Waals surface area contributed by atoms with E-state index in [0.717, 1.165) is 43.0 Å². The van der Waals surface area contributed by atoms with Gasteiger partial charge in [0.1, 0.15) is 0 Å². The van der Waals surface area contributed by atoms with Crippen molar-refractivity contribution in [3.05, 3.63) is 41.7 Å². The van der Waals surface area contributed by atoms with Crippen LogP contribution in [-0.4, -0.2) is 30.3 Å². The number of anilines is 1. The Balaban J connectivity index is 1.65. The van der Waals surface area contributed by atoms with Gasteiger partial charge in [0.05, 0.1) is 13.1 Å². The average molecular weight is 267 g/mol. The van der Waals surface area contributed by atoms with Crippen LogP contribution in [0.25, 0.3) is 4.85 Å². The van der Waals surface area contributed by atoms with Gasteiger partial charge in [-0.3, -0.25) is 9.98 Å². The van der Waals surface area contributed by atoms with Crippen LogP contribution in [0.2, 0.25) is 0 Å². The van der Waals surface area contributed by atoms with Crippen molar-refractivity contribution in [2.45, 2.75) is 12.8 Å². The van der Waals surface area contributed by atoms with Gasteiger partial charge in [0.25, 0.3) is 0 Å². The minimum atomic E-state index is 0.518. The molecule has 1 aromatic heterocycles. The van der Waals surface area contributed by atoms with Gasteiger partial charge in [0.15, 0.2) is 0 Å². The standard InChI is InChI=1S/C15H17N5/c1-17-13-7-14(10-18-9-13)20-4-2-11(3-5-20)15-6-12(16)8-19-15/h6-7,9-11H,2-5,8,16H2. The highest BCUT2D eigenvalue weighted by molar-refractivity contribution is 5.99. The third kappa shape index (κ3) is 2.50. The van der Waals surface area contributed by atoms with Crippen molar-refractivity contribution in [1.82, 2.24) is 4.98 Å². The van der Waals surface area contributed by atoms with E-state index < -0.39 is 0 Å². The Morgan fingerprint density at radius 1 is 1.30 bits per heavy atom. The minimum Gasteiger partial charge on any atom is -0.400 e. The molecule has 5 heteroatoms. The first-order valence-electron chi connectivity index (χ1n) is 6.84. The molecule has 0 aromatic carbocycles. The molecule has 1 fully saturated rings. The Bertz CT molecular complexity index is 603. The molecule has 0 unspecified atom stereocenters. The van der Waals surface area contributed by atoms with Crippen molar-refractivity contribution in [2.75, 3.05) is 24.5 Å². The maximum absolute atomic E-state index is 7.05. The van der Waals surface area contributed by atoms with E-state index in [-0.39, 0.29) is 0 Å². The number of nitrogens with two attached hydrogens (primary N) is 1. The smallest absolute Gasteiger partial charge is 0.207 e. The predicted molar refractivity (Wildman–Crippen MR) is 80.0 cm³/mol. The zero-order chi connectivity index (χ0) is 13.9. The van der Waals surface area contributed by atoms with E-state index in [2.05, 4.69) is 19.7 Å². The summed E-state index contributed by atoms with van der Waals surface area (Å²) >= 11 is 0. The lowest BCUT2D eigenvalue weighted by Gasteiger charge is -2.33. The molecule has 0 aliphatic carbocycles. The van der Waals surface area contributed by atoms with Crippen LogP contribution in [0.5, 0.6) is 0 Å². The highest BCUT2D eigenvalue weighted by Crippen LogP contribution is 2.27. The van der Waals surface area contributed by atoms with Crippen molar-refractivity contribution in [3.8, 4) is 0 Å². The first kappa shape index (κ1) is 12.7. The molecule has 1 saturated heterocycles. The number of aromatic nitrogens is 1. The number of hydrogen-bond donors (Lipinski definition) is 1. The zero-order valence-corrected chi connectivity index (χ0v) is 11.3. The van der Waals surface area contributed by atoms with Gasteiger partial charge in [-0.2, -0.15) is 0 Å². The van der Waals surface area contributed by atoms with Crippen LogP contribution < -0.4 is 10.6 Å². The third-order valence-electron chi connectivity index (χ3n) is 3.89. The minimum absolute atomic E-state index is 0.518. The lowest BCUT2D eigenvalue weighted by molar-refractivity contribution is 0.503. The Labute approximate surface area is 118 Å². The van der Waals surface area contributed by atoms with Crippen molar-refractivity contribution in [3.63, 3.8) is 0 Å². The maximum Gasteiger partial charge on any atom is 0.207 e. The van der Waals surface area contributed by atoms with E-state index >= 15 is 0 Å². The van der Waals surface area contributed by atoms with E-state index in [0.29, 0.717) is 18.2 Å². The molecule has 0 bridgehead atoms.